The first-order chi connectivity index (χ1) is 16.5. The van der Waals surface area contributed by atoms with Gasteiger partial charge in [0, 0.05) is 56.5 Å². The minimum Gasteiger partial charge on any atom is -0.481 e. The van der Waals surface area contributed by atoms with Crippen molar-refractivity contribution in [2.75, 3.05) is 60.0 Å². The molecule has 1 unspecified atom stereocenters. The number of methoxy groups -OCH3 is 1. The number of likely N-dealkylation sites (N-methyl/N-ethyl adjacent to an activating group) is 1. The summed E-state index contributed by atoms with van der Waals surface area (Å²) in [6.07, 6.45) is 2.56. The number of thiazole rings is 1. The lowest BCUT2D eigenvalue weighted by Gasteiger charge is -2.49. The first-order valence-corrected chi connectivity index (χ1v) is 12.2. The average Bonchev–Trinajstić information content (AvgIpc) is 3.33. The second-order valence-electron chi connectivity index (χ2n) is 9.94. The van der Waals surface area contributed by atoms with Gasteiger partial charge in [0.25, 0.3) is 0 Å². The number of aromatic nitrogens is 1. The Hall–Kier alpha value is -2.83. The molecule has 1 saturated heterocycles. The molecule has 1 fully saturated rings. The number of carboxylic acids is 1. The largest absolute Gasteiger partial charge is 0.481 e. The highest BCUT2D eigenvalue weighted by molar-refractivity contribution is 7.11. The molecule has 3 heterocycles. The number of esters is 1. The number of amidine groups is 1. The van der Waals surface area contributed by atoms with Crippen LogP contribution in [0, 0.1) is 5.41 Å². The molecule has 1 aromatic heterocycles. The van der Waals surface area contributed by atoms with E-state index in [2.05, 4.69) is 20.2 Å². The summed E-state index contributed by atoms with van der Waals surface area (Å²) in [4.78, 5) is 50.6. The van der Waals surface area contributed by atoms with Gasteiger partial charge in [-0.3, -0.25) is 19.5 Å². The Bertz CT molecular complexity index is 1010. The number of carbonyl (C=O) groups is 3. The van der Waals surface area contributed by atoms with E-state index >= 15 is 0 Å². The van der Waals surface area contributed by atoms with Gasteiger partial charge >= 0.3 is 11.9 Å². The average molecular weight is 507 g/mol. The van der Waals surface area contributed by atoms with Crippen LogP contribution in [0.15, 0.2) is 27.8 Å². The summed E-state index contributed by atoms with van der Waals surface area (Å²) in [5.74, 6) is -0.678. The highest BCUT2D eigenvalue weighted by Gasteiger charge is 2.40. The number of aliphatic carboxylic acids is 1. The SMILES string of the molecule is COC(=O)C1=C(CN2CCN(C=O)C(C)(CN(C)CC(C)(C)C(=O)O)C2)NC(c2nccs2)=NC1. The van der Waals surface area contributed by atoms with E-state index in [0.29, 0.717) is 56.4 Å². The Kier molecular flexibility index (Phi) is 8.29. The molecule has 3 rings (SSSR count). The van der Waals surface area contributed by atoms with Crippen LogP contribution in [-0.4, -0.2) is 114 Å². The van der Waals surface area contributed by atoms with Crippen LogP contribution in [0.25, 0.3) is 0 Å². The summed E-state index contributed by atoms with van der Waals surface area (Å²) in [6.45, 7) is 8.57. The maximum absolute atomic E-state index is 12.4. The standard InChI is InChI=1S/C23H34N6O5S/c1-22(2,21(32)33)12-27(4)13-23(3)14-28(7-8-29(23)15-30)11-17-16(20(31)34-5)10-25-18(26-17)19-24-6-9-35-19/h6,9,15H,7-8,10-14H2,1-5H3,(H,25,26)(H,32,33). The smallest absolute Gasteiger partial charge is 0.337 e. The number of piperazine rings is 1. The van der Waals surface area contributed by atoms with E-state index in [4.69, 9.17) is 4.74 Å². The normalized spacial score (nSPS) is 21.5. The molecule has 2 N–H and O–H groups in total. The molecule has 0 bridgehead atoms. The summed E-state index contributed by atoms with van der Waals surface area (Å²) >= 11 is 1.46. The van der Waals surface area contributed by atoms with E-state index in [-0.39, 0.29) is 6.54 Å². The molecule has 12 heteroatoms. The molecule has 0 saturated carbocycles. The van der Waals surface area contributed by atoms with Crippen molar-refractivity contribution < 1.29 is 24.2 Å². The lowest BCUT2D eigenvalue weighted by Crippen LogP contribution is -2.65. The molecule has 2 aliphatic rings. The van der Waals surface area contributed by atoms with Gasteiger partial charge in [-0.05, 0) is 27.8 Å². The zero-order valence-electron chi connectivity index (χ0n) is 20.9. The van der Waals surface area contributed by atoms with Crippen molar-refractivity contribution in [2.45, 2.75) is 26.3 Å². The number of nitrogens with zero attached hydrogens (tertiary/aromatic N) is 5. The van der Waals surface area contributed by atoms with Gasteiger partial charge in [0.1, 0.15) is 0 Å². The highest BCUT2D eigenvalue weighted by Crippen LogP contribution is 2.25. The molecule has 1 atom stereocenters. The van der Waals surface area contributed by atoms with Crippen LogP contribution in [0.1, 0.15) is 25.8 Å². The summed E-state index contributed by atoms with van der Waals surface area (Å²) < 4.78 is 4.98. The molecule has 11 nitrogen and oxygen atoms in total. The number of carboxylic acid groups (broad SMARTS) is 1. The maximum Gasteiger partial charge on any atom is 0.337 e. The van der Waals surface area contributed by atoms with Gasteiger partial charge in [-0.1, -0.05) is 0 Å². The second kappa shape index (κ2) is 10.8. The third-order valence-electron chi connectivity index (χ3n) is 6.37. The number of ether oxygens (including phenoxy) is 1. The Morgan fingerprint density at radius 3 is 2.74 bits per heavy atom. The Labute approximate surface area is 209 Å². The zero-order chi connectivity index (χ0) is 25.8. The van der Waals surface area contributed by atoms with Crippen LogP contribution >= 0.6 is 11.3 Å². The number of amides is 1. The predicted molar refractivity (Wildman–Crippen MR) is 132 cm³/mol. The molecule has 0 aromatic carbocycles. The minimum absolute atomic E-state index is 0.197. The molecule has 1 aromatic rings. The molecule has 0 spiro atoms. The van der Waals surface area contributed by atoms with Gasteiger partial charge in [-0.2, -0.15) is 0 Å². The predicted octanol–water partition coefficient (Wildman–Crippen LogP) is 0.495. The number of aliphatic imine (C=N–C) groups is 1. The van der Waals surface area contributed by atoms with Crippen molar-refractivity contribution in [1.82, 2.24) is 25.0 Å². The third kappa shape index (κ3) is 6.24. The first-order valence-electron chi connectivity index (χ1n) is 11.4. The van der Waals surface area contributed by atoms with Crippen molar-refractivity contribution in [3.63, 3.8) is 0 Å². The second-order valence-corrected chi connectivity index (χ2v) is 10.8. The lowest BCUT2D eigenvalue weighted by molar-refractivity contribution is -0.148. The maximum atomic E-state index is 12.4. The lowest BCUT2D eigenvalue weighted by atomic mass is 9.91. The van der Waals surface area contributed by atoms with Crippen LogP contribution in [-0.2, 0) is 19.1 Å². The number of hydrogen-bond donors (Lipinski definition) is 2. The summed E-state index contributed by atoms with van der Waals surface area (Å²) in [7, 11) is 3.22. The number of hydrogen-bond acceptors (Lipinski definition) is 10. The van der Waals surface area contributed by atoms with Gasteiger partial charge in [-0.15, -0.1) is 11.3 Å². The Morgan fingerprint density at radius 2 is 2.14 bits per heavy atom. The molecule has 192 valence electrons. The molecule has 2 aliphatic heterocycles. The van der Waals surface area contributed by atoms with Crippen molar-refractivity contribution in [2.24, 2.45) is 10.4 Å². The summed E-state index contributed by atoms with van der Waals surface area (Å²) in [5, 5.41) is 15.4. The van der Waals surface area contributed by atoms with Crippen molar-refractivity contribution in [3.05, 3.63) is 27.9 Å². The van der Waals surface area contributed by atoms with E-state index in [9.17, 15) is 19.5 Å². The van der Waals surface area contributed by atoms with E-state index in [1.165, 1.54) is 18.4 Å². The van der Waals surface area contributed by atoms with E-state index in [0.717, 1.165) is 11.4 Å². The highest BCUT2D eigenvalue weighted by atomic mass is 32.1. The van der Waals surface area contributed by atoms with Crippen LogP contribution in [0.2, 0.25) is 0 Å². The fourth-order valence-electron chi connectivity index (χ4n) is 4.65. The molecule has 0 radical (unpaired) electrons. The van der Waals surface area contributed by atoms with Crippen LogP contribution in [0.3, 0.4) is 0 Å². The topological polar surface area (TPSA) is 128 Å². The fraction of sp³-hybridized carbons (Fsp3) is 0.609. The molecule has 1 amide bonds. The van der Waals surface area contributed by atoms with Crippen molar-refractivity contribution in [1.29, 1.82) is 0 Å². The van der Waals surface area contributed by atoms with Crippen molar-refractivity contribution >= 4 is 35.5 Å². The van der Waals surface area contributed by atoms with Crippen LogP contribution < -0.4 is 5.32 Å². The van der Waals surface area contributed by atoms with Crippen LogP contribution in [0.4, 0.5) is 0 Å². The zero-order valence-corrected chi connectivity index (χ0v) is 21.7. The van der Waals surface area contributed by atoms with Gasteiger partial charge in [0.15, 0.2) is 10.8 Å². The molecule has 35 heavy (non-hydrogen) atoms. The first kappa shape index (κ1) is 26.8. The van der Waals surface area contributed by atoms with E-state index in [1.54, 1.807) is 24.9 Å². The van der Waals surface area contributed by atoms with E-state index < -0.39 is 22.9 Å². The molecular formula is C23H34N6O5S. The number of nitrogens with one attached hydrogen (secondary N) is 1. The quantitative estimate of drug-likeness (QED) is 0.344. The van der Waals surface area contributed by atoms with Crippen LogP contribution in [0.5, 0.6) is 0 Å². The minimum atomic E-state index is -0.913. The van der Waals surface area contributed by atoms with Gasteiger partial charge in [0.2, 0.25) is 6.41 Å². The molecular weight excluding hydrogens is 472 g/mol. The van der Waals surface area contributed by atoms with Gasteiger partial charge in [-0.25, -0.2) is 9.78 Å². The fourth-order valence-corrected chi connectivity index (χ4v) is 5.25. The molecule has 0 aliphatic carbocycles. The van der Waals surface area contributed by atoms with Gasteiger partial charge < -0.3 is 25.0 Å². The summed E-state index contributed by atoms with van der Waals surface area (Å²) in [6, 6.07) is 0. The number of rotatable bonds is 10. The number of carbonyl (C=O) groups excluding carboxylic acids is 2. The van der Waals surface area contributed by atoms with Gasteiger partial charge in [0.05, 0.1) is 30.2 Å². The summed E-state index contributed by atoms with van der Waals surface area (Å²) in [5.41, 5.74) is -0.286. The third-order valence-corrected chi connectivity index (χ3v) is 7.15. The Balaban J connectivity index is 1.77. The Morgan fingerprint density at radius 1 is 1.40 bits per heavy atom. The monoisotopic (exact) mass is 506 g/mol. The van der Waals surface area contributed by atoms with E-state index in [1.807, 2.05) is 24.3 Å². The van der Waals surface area contributed by atoms with Crippen molar-refractivity contribution in [3.8, 4) is 0 Å².